The molecule has 2 fully saturated rings. The lowest BCUT2D eigenvalue weighted by atomic mass is 9.95. The second-order valence-corrected chi connectivity index (χ2v) is 5.73. The van der Waals surface area contributed by atoms with Gasteiger partial charge in [0.25, 0.3) is 0 Å². The fourth-order valence-electron chi connectivity index (χ4n) is 3.02. The number of amides is 2. The molecule has 2 aliphatic rings. The van der Waals surface area contributed by atoms with E-state index in [2.05, 4.69) is 10.1 Å². The molecule has 8 nitrogen and oxygen atoms in total. The van der Waals surface area contributed by atoms with E-state index in [9.17, 15) is 9.59 Å². The molecule has 1 atom stereocenters. The van der Waals surface area contributed by atoms with Gasteiger partial charge in [-0.3, -0.25) is 4.79 Å². The van der Waals surface area contributed by atoms with Gasteiger partial charge in [-0.25, -0.2) is 14.5 Å². The summed E-state index contributed by atoms with van der Waals surface area (Å²) in [5.41, 5.74) is -0.423. The third-order valence-electron chi connectivity index (χ3n) is 4.16. The van der Waals surface area contributed by atoms with Gasteiger partial charge in [-0.15, -0.1) is 0 Å². The number of carbonyl (C=O) groups excluding carboxylic acids is 2. The van der Waals surface area contributed by atoms with Crippen LogP contribution in [0.4, 0.5) is 4.79 Å². The Bertz CT molecular complexity index is 532. The predicted octanol–water partition coefficient (Wildman–Crippen LogP) is 0.111. The van der Waals surface area contributed by atoms with Gasteiger partial charge in [-0.1, -0.05) is 0 Å². The van der Waals surface area contributed by atoms with Crippen molar-refractivity contribution < 1.29 is 14.3 Å². The van der Waals surface area contributed by atoms with E-state index in [4.69, 9.17) is 4.74 Å². The predicted molar refractivity (Wildman–Crippen MR) is 72.3 cm³/mol. The fourth-order valence-corrected chi connectivity index (χ4v) is 3.02. The molecule has 114 valence electrons. The molecule has 0 aliphatic carbocycles. The Morgan fingerprint density at radius 1 is 1.43 bits per heavy atom. The van der Waals surface area contributed by atoms with Crippen molar-refractivity contribution in [2.24, 2.45) is 0 Å². The number of rotatable bonds is 2. The first-order valence-electron chi connectivity index (χ1n) is 7.12. The van der Waals surface area contributed by atoms with Crippen LogP contribution in [0.2, 0.25) is 0 Å². The summed E-state index contributed by atoms with van der Waals surface area (Å²) >= 11 is 0. The maximum atomic E-state index is 12.3. The minimum atomic E-state index is -0.423. The molecule has 0 radical (unpaired) electrons. The molecule has 0 aromatic carbocycles. The smallest absolute Gasteiger partial charge is 0.410 e. The van der Waals surface area contributed by atoms with Gasteiger partial charge in [0, 0.05) is 26.6 Å². The number of nitrogens with zero attached hydrogens (tertiary/aromatic N) is 5. The summed E-state index contributed by atoms with van der Waals surface area (Å²) in [5, 5.41) is 3.95. The summed E-state index contributed by atoms with van der Waals surface area (Å²) in [4.78, 5) is 31.1. The summed E-state index contributed by atoms with van der Waals surface area (Å²) in [6, 6.07) is 0. The average molecular weight is 293 g/mol. The number of ether oxygens (including phenoxy) is 1. The molecule has 3 rings (SSSR count). The van der Waals surface area contributed by atoms with Gasteiger partial charge < -0.3 is 14.5 Å². The van der Waals surface area contributed by atoms with E-state index < -0.39 is 5.60 Å². The first-order chi connectivity index (χ1) is 10.1. The van der Waals surface area contributed by atoms with Gasteiger partial charge in [-0.05, 0) is 12.8 Å². The van der Waals surface area contributed by atoms with E-state index in [0.717, 1.165) is 12.8 Å². The summed E-state index contributed by atoms with van der Waals surface area (Å²) in [6.45, 7) is 2.11. The molecule has 2 aliphatic heterocycles. The van der Waals surface area contributed by atoms with Gasteiger partial charge in [0.2, 0.25) is 5.91 Å². The van der Waals surface area contributed by atoms with Gasteiger partial charge in [-0.2, -0.15) is 5.10 Å². The maximum Gasteiger partial charge on any atom is 0.410 e. The molecule has 21 heavy (non-hydrogen) atoms. The maximum absolute atomic E-state index is 12.3. The SMILES string of the molecule is CN1C[C@]2(CCCN(C(=O)Cn3cncn3)CC2)OC1=O. The zero-order valence-corrected chi connectivity index (χ0v) is 12.1. The van der Waals surface area contributed by atoms with Gasteiger partial charge in [0.1, 0.15) is 24.8 Å². The average Bonchev–Trinajstić information content (AvgIpc) is 2.97. The summed E-state index contributed by atoms with van der Waals surface area (Å²) < 4.78 is 7.06. The van der Waals surface area contributed by atoms with E-state index in [-0.39, 0.29) is 18.5 Å². The van der Waals surface area contributed by atoms with Crippen LogP contribution in [-0.4, -0.2) is 68.8 Å². The zero-order chi connectivity index (χ0) is 14.9. The third kappa shape index (κ3) is 2.84. The Morgan fingerprint density at radius 3 is 2.95 bits per heavy atom. The highest BCUT2D eigenvalue weighted by Crippen LogP contribution is 2.32. The Labute approximate surface area is 122 Å². The van der Waals surface area contributed by atoms with E-state index in [0.29, 0.717) is 26.1 Å². The quantitative estimate of drug-likeness (QED) is 0.773. The lowest BCUT2D eigenvalue weighted by Gasteiger charge is -2.25. The Kier molecular flexibility index (Phi) is 3.52. The van der Waals surface area contributed by atoms with Gasteiger partial charge in [0.05, 0.1) is 6.54 Å². The van der Waals surface area contributed by atoms with Crippen molar-refractivity contribution in [3.05, 3.63) is 12.7 Å². The number of aromatic nitrogens is 3. The van der Waals surface area contributed by atoms with Crippen LogP contribution in [-0.2, 0) is 16.1 Å². The molecule has 1 aromatic rings. The van der Waals surface area contributed by atoms with E-state index in [1.807, 2.05) is 4.90 Å². The first kappa shape index (κ1) is 13.8. The van der Waals surface area contributed by atoms with Crippen LogP contribution in [0.3, 0.4) is 0 Å². The second-order valence-electron chi connectivity index (χ2n) is 5.73. The van der Waals surface area contributed by atoms with Crippen molar-refractivity contribution in [3.8, 4) is 0 Å². The molecule has 0 saturated carbocycles. The van der Waals surface area contributed by atoms with E-state index in [1.165, 1.54) is 17.3 Å². The fraction of sp³-hybridized carbons (Fsp3) is 0.692. The van der Waals surface area contributed by atoms with Crippen LogP contribution >= 0.6 is 0 Å². The molecule has 3 heterocycles. The Balaban J connectivity index is 1.61. The van der Waals surface area contributed by atoms with E-state index in [1.54, 1.807) is 11.9 Å². The number of likely N-dealkylation sites (N-methyl/N-ethyl adjacent to an activating group) is 1. The molecule has 0 N–H and O–H groups in total. The highest BCUT2D eigenvalue weighted by molar-refractivity contribution is 5.76. The molecule has 1 aromatic heterocycles. The highest BCUT2D eigenvalue weighted by atomic mass is 16.6. The van der Waals surface area contributed by atoms with Crippen molar-refractivity contribution in [3.63, 3.8) is 0 Å². The van der Waals surface area contributed by atoms with Crippen molar-refractivity contribution in [1.29, 1.82) is 0 Å². The molecular formula is C13H19N5O3. The van der Waals surface area contributed by atoms with Crippen LogP contribution in [0.1, 0.15) is 19.3 Å². The largest absolute Gasteiger partial charge is 0.441 e. The van der Waals surface area contributed by atoms with Crippen molar-refractivity contribution in [2.45, 2.75) is 31.4 Å². The van der Waals surface area contributed by atoms with Crippen LogP contribution in [0, 0.1) is 0 Å². The lowest BCUT2D eigenvalue weighted by Crippen LogP contribution is -2.38. The van der Waals surface area contributed by atoms with Crippen molar-refractivity contribution >= 4 is 12.0 Å². The van der Waals surface area contributed by atoms with E-state index >= 15 is 0 Å². The Hall–Kier alpha value is -2.12. The minimum absolute atomic E-state index is 0.0234. The summed E-state index contributed by atoms with van der Waals surface area (Å²) in [5.74, 6) is 0.0234. The molecule has 1 spiro atoms. The van der Waals surface area contributed by atoms with Crippen LogP contribution in [0.5, 0.6) is 0 Å². The Morgan fingerprint density at radius 2 is 2.29 bits per heavy atom. The minimum Gasteiger partial charge on any atom is -0.441 e. The topological polar surface area (TPSA) is 80.6 Å². The molecule has 0 unspecified atom stereocenters. The number of likely N-dealkylation sites (tertiary alicyclic amines) is 1. The molecule has 2 saturated heterocycles. The molecule has 2 amide bonds. The number of hydrogen-bond acceptors (Lipinski definition) is 5. The molecule has 0 bridgehead atoms. The van der Waals surface area contributed by atoms with Crippen LogP contribution in [0.15, 0.2) is 12.7 Å². The lowest BCUT2D eigenvalue weighted by molar-refractivity contribution is -0.132. The van der Waals surface area contributed by atoms with Crippen molar-refractivity contribution in [2.75, 3.05) is 26.7 Å². The summed E-state index contributed by atoms with van der Waals surface area (Å²) in [7, 11) is 1.75. The number of carbonyl (C=O) groups is 2. The first-order valence-corrected chi connectivity index (χ1v) is 7.12. The van der Waals surface area contributed by atoms with Crippen molar-refractivity contribution in [1.82, 2.24) is 24.6 Å². The monoisotopic (exact) mass is 293 g/mol. The van der Waals surface area contributed by atoms with Gasteiger partial charge in [0.15, 0.2) is 0 Å². The zero-order valence-electron chi connectivity index (χ0n) is 12.1. The summed E-state index contributed by atoms with van der Waals surface area (Å²) in [6.07, 6.45) is 5.01. The van der Waals surface area contributed by atoms with Gasteiger partial charge >= 0.3 is 6.09 Å². The highest BCUT2D eigenvalue weighted by Gasteiger charge is 2.44. The third-order valence-corrected chi connectivity index (χ3v) is 4.16. The normalized spacial score (nSPS) is 26.0. The second kappa shape index (κ2) is 5.34. The van der Waals surface area contributed by atoms with Crippen LogP contribution in [0.25, 0.3) is 0 Å². The molecule has 8 heteroatoms. The van der Waals surface area contributed by atoms with Crippen LogP contribution < -0.4 is 0 Å². The molecular weight excluding hydrogens is 274 g/mol. The standard InChI is InChI=1S/C13H19N5O3/c1-16-8-13(21-12(16)20)3-2-5-17(6-4-13)11(19)7-18-10-14-9-15-18/h9-10H,2-8H2,1H3/t13-/m1/s1. The number of hydrogen-bond donors (Lipinski definition) is 0.